The smallest absolute Gasteiger partial charge is 0.410 e. The fourth-order valence-corrected chi connectivity index (χ4v) is 1.77. The zero-order valence-corrected chi connectivity index (χ0v) is 10.7. The lowest BCUT2D eigenvalue weighted by molar-refractivity contribution is -0.144. The van der Waals surface area contributed by atoms with Crippen LogP contribution in [0.25, 0.3) is 0 Å². The molecule has 1 heterocycles. The summed E-state index contributed by atoms with van der Waals surface area (Å²) in [5, 5.41) is 17.9. The molecule has 1 fully saturated rings. The van der Waals surface area contributed by atoms with Crippen molar-refractivity contribution in [2.45, 2.75) is 25.8 Å². The molecule has 108 valence electrons. The number of aliphatic carboxylic acids is 1. The van der Waals surface area contributed by atoms with Gasteiger partial charge in [-0.25, -0.2) is 14.4 Å². The molecule has 0 aromatic carbocycles. The molecule has 8 heteroatoms. The van der Waals surface area contributed by atoms with Crippen molar-refractivity contribution in [3.05, 3.63) is 0 Å². The SMILES string of the molecule is CCCCOC(=O)N1CCN(C(=O)O)CC1C(=O)O. The molecule has 1 aliphatic heterocycles. The van der Waals surface area contributed by atoms with E-state index in [-0.39, 0.29) is 26.2 Å². The molecule has 0 radical (unpaired) electrons. The summed E-state index contributed by atoms with van der Waals surface area (Å²) < 4.78 is 4.96. The molecule has 0 aromatic heterocycles. The summed E-state index contributed by atoms with van der Waals surface area (Å²) in [5.41, 5.74) is 0. The zero-order valence-electron chi connectivity index (χ0n) is 10.7. The third-order valence-corrected chi connectivity index (χ3v) is 2.89. The molecule has 0 saturated carbocycles. The van der Waals surface area contributed by atoms with E-state index in [9.17, 15) is 14.4 Å². The van der Waals surface area contributed by atoms with E-state index in [1.807, 2.05) is 6.92 Å². The molecule has 1 unspecified atom stereocenters. The number of carboxylic acids is 1. The Labute approximate surface area is 110 Å². The Morgan fingerprint density at radius 3 is 2.47 bits per heavy atom. The highest BCUT2D eigenvalue weighted by Gasteiger charge is 2.37. The van der Waals surface area contributed by atoms with Gasteiger partial charge in [-0.3, -0.25) is 4.90 Å². The van der Waals surface area contributed by atoms with Gasteiger partial charge in [-0.2, -0.15) is 0 Å². The lowest BCUT2D eigenvalue weighted by Gasteiger charge is -2.37. The van der Waals surface area contributed by atoms with Gasteiger partial charge in [0.15, 0.2) is 6.04 Å². The van der Waals surface area contributed by atoms with Crippen molar-refractivity contribution in [2.24, 2.45) is 0 Å². The number of piperazine rings is 1. The quantitative estimate of drug-likeness (QED) is 0.730. The van der Waals surface area contributed by atoms with Crippen LogP contribution in [0.1, 0.15) is 19.8 Å². The molecule has 0 aliphatic carbocycles. The van der Waals surface area contributed by atoms with E-state index in [2.05, 4.69) is 0 Å². The van der Waals surface area contributed by atoms with Crippen molar-refractivity contribution in [1.29, 1.82) is 0 Å². The maximum absolute atomic E-state index is 11.7. The first-order valence-corrected chi connectivity index (χ1v) is 6.11. The van der Waals surface area contributed by atoms with Gasteiger partial charge in [-0.1, -0.05) is 13.3 Å². The minimum absolute atomic E-state index is 0.0220. The fourth-order valence-electron chi connectivity index (χ4n) is 1.77. The van der Waals surface area contributed by atoms with E-state index >= 15 is 0 Å². The predicted molar refractivity (Wildman–Crippen MR) is 64.0 cm³/mol. The highest BCUT2D eigenvalue weighted by Crippen LogP contribution is 2.12. The number of amides is 2. The second-order valence-electron chi connectivity index (χ2n) is 4.24. The Balaban J connectivity index is 2.63. The molecule has 1 atom stereocenters. The molecular formula is C11H18N2O6. The van der Waals surface area contributed by atoms with Gasteiger partial charge < -0.3 is 19.8 Å². The van der Waals surface area contributed by atoms with E-state index < -0.39 is 24.2 Å². The molecule has 8 nitrogen and oxygen atoms in total. The van der Waals surface area contributed by atoms with Crippen LogP contribution in [0.15, 0.2) is 0 Å². The van der Waals surface area contributed by atoms with Crippen molar-refractivity contribution in [2.75, 3.05) is 26.2 Å². The number of carbonyl (C=O) groups is 3. The van der Waals surface area contributed by atoms with Gasteiger partial charge in [0.2, 0.25) is 0 Å². The largest absolute Gasteiger partial charge is 0.480 e. The molecule has 1 saturated heterocycles. The third kappa shape index (κ3) is 4.01. The summed E-state index contributed by atoms with van der Waals surface area (Å²) in [6, 6.07) is -1.20. The number of hydrogen-bond donors (Lipinski definition) is 2. The third-order valence-electron chi connectivity index (χ3n) is 2.89. The van der Waals surface area contributed by atoms with E-state index in [1.54, 1.807) is 0 Å². The topological polar surface area (TPSA) is 107 Å². The van der Waals surface area contributed by atoms with Crippen molar-refractivity contribution >= 4 is 18.2 Å². The maximum Gasteiger partial charge on any atom is 0.410 e. The van der Waals surface area contributed by atoms with Crippen molar-refractivity contribution in [3.8, 4) is 0 Å². The number of nitrogens with zero attached hydrogens (tertiary/aromatic N) is 2. The van der Waals surface area contributed by atoms with Gasteiger partial charge in [-0.05, 0) is 6.42 Å². The first-order valence-electron chi connectivity index (χ1n) is 6.11. The van der Waals surface area contributed by atoms with Crippen LogP contribution in [0.3, 0.4) is 0 Å². The van der Waals surface area contributed by atoms with Crippen LogP contribution in [0.4, 0.5) is 9.59 Å². The van der Waals surface area contributed by atoms with Gasteiger partial charge in [0.1, 0.15) is 0 Å². The van der Waals surface area contributed by atoms with Crippen LogP contribution in [0.5, 0.6) is 0 Å². The summed E-state index contributed by atoms with van der Waals surface area (Å²) in [7, 11) is 0. The zero-order chi connectivity index (χ0) is 14.4. The first-order chi connectivity index (χ1) is 8.97. The van der Waals surface area contributed by atoms with Crippen LogP contribution in [0.2, 0.25) is 0 Å². The first kappa shape index (κ1) is 15.1. The second-order valence-corrected chi connectivity index (χ2v) is 4.24. The number of hydrogen-bond acceptors (Lipinski definition) is 4. The van der Waals surface area contributed by atoms with Crippen LogP contribution in [-0.2, 0) is 9.53 Å². The van der Waals surface area contributed by atoms with Gasteiger partial charge >= 0.3 is 18.2 Å². The lowest BCUT2D eigenvalue weighted by Crippen LogP contribution is -2.59. The number of unbranched alkanes of at least 4 members (excludes halogenated alkanes) is 1. The molecule has 1 aliphatic rings. The highest BCUT2D eigenvalue weighted by atomic mass is 16.6. The average Bonchev–Trinajstić information content (AvgIpc) is 2.38. The monoisotopic (exact) mass is 274 g/mol. The summed E-state index contributed by atoms with van der Waals surface area (Å²) in [5.74, 6) is -1.24. The molecular weight excluding hydrogens is 256 g/mol. The summed E-state index contributed by atoms with van der Waals surface area (Å²) in [6.45, 7) is 2.05. The Bertz CT molecular complexity index is 359. The minimum Gasteiger partial charge on any atom is -0.480 e. The van der Waals surface area contributed by atoms with Gasteiger partial charge in [0.25, 0.3) is 0 Å². The normalized spacial score (nSPS) is 19.1. The molecule has 2 N–H and O–H groups in total. The predicted octanol–water partition coefficient (Wildman–Crippen LogP) is 0.672. The molecule has 19 heavy (non-hydrogen) atoms. The van der Waals surface area contributed by atoms with Crippen LogP contribution < -0.4 is 0 Å². The van der Waals surface area contributed by atoms with E-state index in [4.69, 9.17) is 14.9 Å². The Morgan fingerprint density at radius 1 is 1.26 bits per heavy atom. The summed E-state index contributed by atoms with van der Waals surface area (Å²) in [6.07, 6.45) is -0.322. The number of rotatable bonds is 4. The van der Waals surface area contributed by atoms with E-state index in [0.717, 1.165) is 16.2 Å². The van der Waals surface area contributed by atoms with Crippen molar-refractivity contribution in [3.63, 3.8) is 0 Å². The minimum atomic E-state index is -1.24. The maximum atomic E-state index is 11.7. The van der Waals surface area contributed by atoms with Gasteiger partial charge in [0.05, 0.1) is 13.2 Å². The average molecular weight is 274 g/mol. The molecule has 0 spiro atoms. The Hall–Kier alpha value is -1.99. The second kappa shape index (κ2) is 6.81. The molecule has 1 rings (SSSR count). The number of ether oxygens (including phenoxy) is 1. The Kier molecular flexibility index (Phi) is 5.40. The Morgan fingerprint density at radius 2 is 1.95 bits per heavy atom. The number of carboxylic acid groups (broad SMARTS) is 2. The van der Waals surface area contributed by atoms with Gasteiger partial charge in [0, 0.05) is 13.1 Å². The lowest BCUT2D eigenvalue weighted by atomic mass is 10.2. The highest BCUT2D eigenvalue weighted by molar-refractivity contribution is 5.81. The van der Waals surface area contributed by atoms with Crippen molar-refractivity contribution < 1.29 is 29.3 Å². The van der Waals surface area contributed by atoms with Crippen LogP contribution in [0, 0.1) is 0 Å². The molecule has 0 bridgehead atoms. The summed E-state index contributed by atoms with van der Waals surface area (Å²) >= 11 is 0. The van der Waals surface area contributed by atoms with Crippen LogP contribution in [-0.4, -0.2) is 70.5 Å². The fraction of sp³-hybridized carbons (Fsp3) is 0.727. The van der Waals surface area contributed by atoms with Gasteiger partial charge in [-0.15, -0.1) is 0 Å². The molecule has 2 amide bonds. The van der Waals surface area contributed by atoms with Crippen molar-refractivity contribution in [1.82, 2.24) is 9.80 Å². The number of carbonyl (C=O) groups excluding carboxylic acids is 1. The summed E-state index contributed by atoms with van der Waals surface area (Å²) in [4.78, 5) is 35.7. The standard InChI is InChI=1S/C11H18N2O6/c1-2-3-6-19-11(18)13-5-4-12(10(16)17)7-8(13)9(14)15/h8H,2-7H2,1H3,(H,14,15)(H,16,17). The van der Waals surface area contributed by atoms with E-state index in [1.165, 1.54) is 0 Å². The van der Waals surface area contributed by atoms with E-state index in [0.29, 0.717) is 6.42 Å². The molecule has 0 aromatic rings. The van der Waals surface area contributed by atoms with Crippen LogP contribution >= 0.6 is 0 Å².